The quantitative estimate of drug-likeness (QED) is 0.846. The predicted molar refractivity (Wildman–Crippen MR) is 73.9 cm³/mol. The van der Waals surface area contributed by atoms with Crippen molar-refractivity contribution in [3.05, 3.63) is 53.6 Å². The maximum Gasteiger partial charge on any atom is 0.573 e. The van der Waals surface area contributed by atoms with E-state index in [9.17, 15) is 23.1 Å². The molecule has 4 nitrogen and oxygen atoms in total. The highest BCUT2D eigenvalue weighted by Crippen LogP contribution is 2.26. The second-order valence-electron chi connectivity index (χ2n) is 4.55. The molecule has 7 heteroatoms. The van der Waals surface area contributed by atoms with Crippen molar-refractivity contribution in [2.24, 2.45) is 0 Å². The van der Waals surface area contributed by atoms with Crippen molar-refractivity contribution in [3.8, 4) is 11.5 Å². The third-order valence-corrected chi connectivity index (χ3v) is 2.75. The van der Waals surface area contributed by atoms with Gasteiger partial charge in [-0.1, -0.05) is 6.07 Å². The molecular formula is C15H12F3NO3. The number of phenolic OH excluding ortho intramolecular Hbond substituents is 1. The Bertz CT molecular complexity index is 681. The monoisotopic (exact) mass is 311 g/mol. The zero-order chi connectivity index (χ0) is 16.3. The van der Waals surface area contributed by atoms with Crippen LogP contribution >= 0.6 is 0 Å². The first kappa shape index (κ1) is 15.7. The molecule has 2 aromatic carbocycles. The summed E-state index contributed by atoms with van der Waals surface area (Å²) in [7, 11) is 0. The minimum absolute atomic E-state index is 0.101. The van der Waals surface area contributed by atoms with E-state index in [1.54, 1.807) is 19.1 Å². The summed E-state index contributed by atoms with van der Waals surface area (Å²) in [6.45, 7) is 1.79. The molecule has 0 aliphatic rings. The fourth-order valence-electron chi connectivity index (χ4n) is 1.75. The van der Waals surface area contributed by atoms with Crippen LogP contribution < -0.4 is 10.1 Å². The highest BCUT2D eigenvalue weighted by molar-refractivity contribution is 6.05. The van der Waals surface area contributed by atoms with Gasteiger partial charge in [-0.05, 0) is 48.9 Å². The third-order valence-electron chi connectivity index (χ3n) is 2.75. The molecule has 0 radical (unpaired) electrons. The average molecular weight is 311 g/mol. The Labute approximate surface area is 124 Å². The lowest BCUT2D eigenvalue weighted by molar-refractivity contribution is -0.274. The molecule has 0 heterocycles. The summed E-state index contributed by atoms with van der Waals surface area (Å²) in [4.78, 5) is 12.0. The van der Waals surface area contributed by atoms with Crippen molar-refractivity contribution in [2.75, 3.05) is 5.32 Å². The summed E-state index contributed by atoms with van der Waals surface area (Å²) in [5.74, 6) is -1.07. The number of alkyl halides is 3. The summed E-state index contributed by atoms with van der Waals surface area (Å²) in [6.07, 6.45) is -4.78. The first-order valence-electron chi connectivity index (χ1n) is 6.21. The first-order valence-corrected chi connectivity index (χ1v) is 6.21. The summed E-state index contributed by atoms with van der Waals surface area (Å²) in [5, 5.41) is 12.1. The molecule has 2 N–H and O–H groups in total. The molecule has 0 atom stereocenters. The second kappa shape index (κ2) is 5.97. The smallest absolute Gasteiger partial charge is 0.506 e. The molecule has 0 saturated heterocycles. The van der Waals surface area contributed by atoms with E-state index in [4.69, 9.17) is 0 Å². The van der Waals surface area contributed by atoms with E-state index < -0.39 is 18.0 Å². The number of carbonyl (C=O) groups is 1. The molecule has 0 spiro atoms. The van der Waals surface area contributed by atoms with E-state index in [1.807, 2.05) is 0 Å². The number of nitrogens with one attached hydrogen (secondary N) is 1. The minimum atomic E-state index is -4.78. The van der Waals surface area contributed by atoms with E-state index in [0.717, 1.165) is 17.7 Å². The SMILES string of the molecule is Cc1ccc(O)c(NC(=O)c2ccc(OC(F)(F)F)cc2)c1. The number of phenols is 1. The standard InChI is InChI=1S/C15H12F3NO3/c1-9-2-7-13(20)12(8-9)19-14(21)10-3-5-11(6-4-10)22-15(16,17)18/h2-8,20H,1H3,(H,19,21). The van der Waals surface area contributed by atoms with Gasteiger partial charge >= 0.3 is 6.36 Å². The average Bonchev–Trinajstić information content (AvgIpc) is 2.42. The van der Waals surface area contributed by atoms with Crippen LogP contribution in [0.3, 0.4) is 0 Å². The summed E-state index contributed by atoms with van der Waals surface area (Å²) in [6, 6.07) is 9.16. The van der Waals surface area contributed by atoms with Crippen molar-refractivity contribution in [3.63, 3.8) is 0 Å². The normalized spacial score (nSPS) is 11.1. The molecule has 0 aromatic heterocycles. The van der Waals surface area contributed by atoms with Crippen LogP contribution in [-0.2, 0) is 0 Å². The van der Waals surface area contributed by atoms with Crippen molar-refractivity contribution in [2.45, 2.75) is 13.3 Å². The Morgan fingerprint density at radius 3 is 2.36 bits per heavy atom. The molecule has 0 saturated carbocycles. The van der Waals surface area contributed by atoms with Crippen molar-refractivity contribution >= 4 is 11.6 Å². The lowest BCUT2D eigenvalue weighted by Gasteiger charge is -2.10. The summed E-state index contributed by atoms with van der Waals surface area (Å²) < 4.78 is 39.8. The first-order chi connectivity index (χ1) is 10.2. The van der Waals surface area contributed by atoms with Crippen LogP contribution in [0.5, 0.6) is 11.5 Å². The number of aryl methyl sites for hydroxylation is 1. The van der Waals surface area contributed by atoms with E-state index >= 15 is 0 Å². The summed E-state index contributed by atoms with van der Waals surface area (Å²) >= 11 is 0. The minimum Gasteiger partial charge on any atom is -0.506 e. The van der Waals surface area contributed by atoms with Gasteiger partial charge in [-0.2, -0.15) is 0 Å². The highest BCUT2D eigenvalue weighted by Gasteiger charge is 2.31. The maximum atomic E-state index is 12.0. The molecule has 1 amide bonds. The van der Waals surface area contributed by atoms with Gasteiger partial charge in [0.05, 0.1) is 5.69 Å². The number of rotatable bonds is 3. The van der Waals surface area contributed by atoms with Crippen LogP contribution in [0.4, 0.5) is 18.9 Å². The molecule has 0 unspecified atom stereocenters. The van der Waals surface area contributed by atoms with Gasteiger partial charge in [0, 0.05) is 5.56 Å². The maximum absolute atomic E-state index is 12.0. The number of amides is 1. The number of benzene rings is 2. The van der Waals surface area contributed by atoms with E-state index in [2.05, 4.69) is 10.1 Å². The number of aromatic hydroxyl groups is 1. The Morgan fingerprint density at radius 2 is 1.77 bits per heavy atom. The third kappa shape index (κ3) is 4.15. The second-order valence-corrected chi connectivity index (χ2v) is 4.55. The topological polar surface area (TPSA) is 58.6 Å². The van der Waals surface area contributed by atoms with Gasteiger partial charge in [0.2, 0.25) is 0 Å². The molecule has 0 aliphatic carbocycles. The van der Waals surface area contributed by atoms with Crippen LogP contribution in [0, 0.1) is 6.92 Å². The number of halogens is 3. The Hall–Kier alpha value is -2.70. The number of anilines is 1. The molecular weight excluding hydrogens is 299 g/mol. The van der Waals surface area contributed by atoms with Crippen LogP contribution in [0.25, 0.3) is 0 Å². The van der Waals surface area contributed by atoms with E-state index in [-0.39, 0.29) is 17.0 Å². The number of carbonyl (C=O) groups excluding carboxylic acids is 1. The lowest BCUT2D eigenvalue weighted by Crippen LogP contribution is -2.17. The van der Waals surface area contributed by atoms with Gasteiger partial charge in [-0.15, -0.1) is 13.2 Å². The predicted octanol–water partition coefficient (Wildman–Crippen LogP) is 3.85. The van der Waals surface area contributed by atoms with Gasteiger partial charge in [-0.25, -0.2) is 0 Å². The Kier molecular flexibility index (Phi) is 4.25. The van der Waals surface area contributed by atoms with Crippen LogP contribution in [0.1, 0.15) is 15.9 Å². The van der Waals surface area contributed by atoms with Crippen molar-refractivity contribution < 1.29 is 27.8 Å². The molecule has 116 valence electrons. The number of hydrogen-bond donors (Lipinski definition) is 2. The zero-order valence-electron chi connectivity index (χ0n) is 11.4. The number of hydrogen-bond acceptors (Lipinski definition) is 3. The van der Waals surface area contributed by atoms with Crippen molar-refractivity contribution in [1.82, 2.24) is 0 Å². The molecule has 2 aromatic rings. The van der Waals surface area contributed by atoms with Crippen LogP contribution in [0.15, 0.2) is 42.5 Å². The Balaban J connectivity index is 2.11. The molecule has 0 fully saturated rings. The number of ether oxygens (including phenoxy) is 1. The fourth-order valence-corrected chi connectivity index (χ4v) is 1.75. The molecule has 0 aliphatic heterocycles. The Morgan fingerprint density at radius 1 is 1.14 bits per heavy atom. The van der Waals surface area contributed by atoms with Crippen LogP contribution in [-0.4, -0.2) is 17.4 Å². The van der Waals surface area contributed by atoms with Gasteiger partial charge < -0.3 is 15.2 Å². The fraction of sp³-hybridized carbons (Fsp3) is 0.133. The molecule has 0 bridgehead atoms. The highest BCUT2D eigenvalue weighted by atomic mass is 19.4. The largest absolute Gasteiger partial charge is 0.573 e. The van der Waals surface area contributed by atoms with Gasteiger partial charge in [0.25, 0.3) is 5.91 Å². The molecule has 22 heavy (non-hydrogen) atoms. The van der Waals surface area contributed by atoms with Gasteiger partial charge in [0.15, 0.2) is 0 Å². The van der Waals surface area contributed by atoms with E-state index in [1.165, 1.54) is 18.2 Å². The van der Waals surface area contributed by atoms with Crippen molar-refractivity contribution in [1.29, 1.82) is 0 Å². The van der Waals surface area contributed by atoms with Gasteiger partial charge in [0.1, 0.15) is 11.5 Å². The van der Waals surface area contributed by atoms with Gasteiger partial charge in [-0.3, -0.25) is 4.79 Å². The summed E-state index contributed by atoms with van der Waals surface area (Å²) in [5.41, 5.74) is 1.19. The van der Waals surface area contributed by atoms with E-state index in [0.29, 0.717) is 0 Å². The van der Waals surface area contributed by atoms with Crippen LogP contribution in [0.2, 0.25) is 0 Å². The lowest BCUT2D eigenvalue weighted by atomic mass is 10.1. The zero-order valence-corrected chi connectivity index (χ0v) is 11.4. The molecule has 2 rings (SSSR count).